The van der Waals surface area contributed by atoms with E-state index in [9.17, 15) is 22.8 Å². The number of alkyl halides is 3. The molecule has 0 aliphatic rings. The number of halogens is 4. The van der Waals surface area contributed by atoms with Crippen molar-refractivity contribution in [3.63, 3.8) is 0 Å². The van der Waals surface area contributed by atoms with E-state index in [4.69, 9.17) is 11.6 Å². The van der Waals surface area contributed by atoms with Crippen molar-refractivity contribution in [3.05, 3.63) is 28.8 Å². The standard InChI is InChI=1S/C13H14ClF3N2O2/c1-3-6-19(2)12(21)11(20)18-10-5-4-8(7-9(10)14)13(15,16)17/h4-5,7H,3,6H2,1-2H3,(H,18,20). The Morgan fingerprint density at radius 2 is 1.95 bits per heavy atom. The van der Waals surface area contributed by atoms with Crippen molar-refractivity contribution >= 4 is 29.1 Å². The molecule has 8 heteroatoms. The third-order valence-corrected chi connectivity index (χ3v) is 2.96. The van der Waals surface area contributed by atoms with Crippen LogP contribution < -0.4 is 5.32 Å². The van der Waals surface area contributed by atoms with Crippen molar-refractivity contribution in [1.82, 2.24) is 4.90 Å². The Labute approximate surface area is 124 Å². The van der Waals surface area contributed by atoms with Crippen molar-refractivity contribution in [2.75, 3.05) is 18.9 Å². The first-order valence-corrected chi connectivity index (χ1v) is 6.47. The van der Waals surface area contributed by atoms with E-state index in [1.54, 1.807) is 0 Å². The molecule has 0 aromatic heterocycles. The molecule has 0 atom stereocenters. The number of rotatable bonds is 3. The number of carbonyl (C=O) groups is 2. The SMILES string of the molecule is CCCN(C)C(=O)C(=O)Nc1ccc(C(F)(F)F)cc1Cl. The highest BCUT2D eigenvalue weighted by atomic mass is 35.5. The van der Waals surface area contributed by atoms with Crippen LogP contribution in [0.25, 0.3) is 0 Å². The van der Waals surface area contributed by atoms with Crippen LogP contribution in [-0.2, 0) is 15.8 Å². The number of nitrogens with one attached hydrogen (secondary N) is 1. The summed E-state index contributed by atoms with van der Waals surface area (Å²) in [6.07, 6.45) is -3.85. The molecule has 0 fully saturated rings. The Hall–Kier alpha value is -1.76. The minimum Gasteiger partial charge on any atom is -0.338 e. The van der Waals surface area contributed by atoms with Crippen LogP contribution in [-0.4, -0.2) is 30.3 Å². The highest BCUT2D eigenvalue weighted by Crippen LogP contribution is 2.33. The van der Waals surface area contributed by atoms with Gasteiger partial charge in [-0.05, 0) is 24.6 Å². The zero-order valence-corrected chi connectivity index (χ0v) is 12.2. The number of hydrogen-bond acceptors (Lipinski definition) is 2. The van der Waals surface area contributed by atoms with Gasteiger partial charge in [0.2, 0.25) is 0 Å². The van der Waals surface area contributed by atoms with Crippen molar-refractivity contribution in [2.24, 2.45) is 0 Å². The van der Waals surface area contributed by atoms with Crippen molar-refractivity contribution < 1.29 is 22.8 Å². The number of nitrogens with zero attached hydrogens (tertiary/aromatic N) is 1. The zero-order valence-electron chi connectivity index (χ0n) is 11.4. The Balaban J connectivity index is 2.84. The van der Waals surface area contributed by atoms with Gasteiger partial charge in [0.25, 0.3) is 0 Å². The smallest absolute Gasteiger partial charge is 0.338 e. The fourth-order valence-corrected chi connectivity index (χ4v) is 1.81. The van der Waals surface area contributed by atoms with Gasteiger partial charge < -0.3 is 10.2 Å². The highest BCUT2D eigenvalue weighted by molar-refractivity contribution is 6.41. The first-order chi connectivity index (χ1) is 9.66. The van der Waals surface area contributed by atoms with Gasteiger partial charge >= 0.3 is 18.0 Å². The summed E-state index contributed by atoms with van der Waals surface area (Å²) in [6.45, 7) is 2.24. The van der Waals surface area contributed by atoms with Gasteiger partial charge in [-0.2, -0.15) is 13.2 Å². The van der Waals surface area contributed by atoms with E-state index in [1.165, 1.54) is 11.9 Å². The monoisotopic (exact) mass is 322 g/mol. The minimum absolute atomic E-state index is 0.0482. The molecule has 1 aromatic rings. The van der Waals surface area contributed by atoms with E-state index in [2.05, 4.69) is 5.32 Å². The quantitative estimate of drug-likeness (QED) is 0.869. The van der Waals surface area contributed by atoms with Gasteiger partial charge in [0, 0.05) is 13.6 Å². The summed E-state index contributed by atoms with van der Waals surface area (Å²) in [6, 6.07) is 2.48. The summed E-state index contributed by atoms with van der Waals surface area (Å²) in [7, 11) is 1.46. The average Bonchev–Trinajstić information content (AvgIpc) is 2.39. The largest absolute Gasteiger partial charge is 0.416 e. The van der Waals surface area contributed by atoms with Gasteiger partial charge in [0.1, 0.15) is 0 Å². The lowest BCUT2D eigenvalue weighted by Crippen LogP contribution is -2.37. The molecule has 0 radical (unpaired) electrons. The fraction of sp³-hybridized carbons (Fsp3) is 0.385. The molecule has 0 spiro atoms. The maximum atomic E-state index is 12.5. The van der Waals surface area contributed by atoms with Crippen molar-refractivity contribution in [3.8, 4) is 0 Å². The first kappa shape index (κ1) is 17.3. The van der Waals surface area contributed by atoms with Crippen LogP contribution in [0.3, 0.4) is 0 Å². The van der Waals surface area contributed by atoms with Crippen LogP contribution in [0.2, 0.25) is 5.02 Å². The molecule has 0 aliphatic carbocycles. The molecule has 1 rings (SSSR count). The van der Waals surface area contributed by atoms with E-state index in [1.807, 2.05) is 6.92 Å². The topological polar surface area (TPSA) is 49.4 Å². The minimum atomic E-state index is -4.52. The Morgan fingerprint density at radius 1 is 1.33 bits per heavy atom. The number of likely N-dealkylation sites (N-methyl/N-ethyl adjacent to an activating group) is 1. The van der Waals surface area contributed by atoms with Gasteiger partial charge in [-0.3, -0.25) is 9.59 Å². The predicted octanol–water partition coefficient (Wildman–Crippen LogP) is 3.17. The maximum absolute atomic E-state index is 12.5. The first-order valence-electron chi connectivity index (χ1n) is 6.10. The number of benzene rings is 1. The van der Waals surface area contributed by atoms with Gasteiger partial charge in [-0.15, -0.1) is 0 Å². The summed E-state index contributed by atoms with van der Waals surface area (Å²) in [5, 5.41) is 1.91. The van der Waals surface area contributed by atoms with E-state index >= 15 is 0 Å². The summed E-state index contributed by atoms with van der Waals surface area (Å²) in [5.74, 6) is -1.74. The molecule has 0 saturated carbocycles. The summed E-state index contributed by atoms with van der Waals surface area (Å²) in [4.78, 5) is 24.6. The number of carbonyl (C=O) groups excluding carboxylic acids is 2. The van der Waals surface area contributed by atoms with Crippen LogP contribution in [0.1, 0.15) is 18.9 Å². The van der Waals surface area contributed by atoms with Crippen molar-refractivity contribution in [2.45, 2.75) is 19.5 Å². The molecule has 4 nitrogen and oxygen atoms in total. The van der Waals surface area contributed by atoms with Gasteiger partial charge in [0.15, 0.2) is 0 Å². The van der Waals surface area contributed by atoms with Crippen LogP contribution in [0.15, 0.2) is 18.2 Å². The van der Waals surface area contributed by atoms with Gasteiger partial charge in [-0.1, -0.05) is 18.5 Å². The maximum Gasteiger partial charge on any atom is 0.416 e. The molecule has 0 bridgehead atoms. The number of hydrogen-bond donors (Lipinski definition) is 1. The van der Waals surface area contributed by atoms with Crippen LogP contribution in [0.5, 0.6) is 0 Å². The Kier molecular flexibility index (Phi) is 5.60. The molecular formula is C13H14ClF3N2O2. The van der Waals surface area contributed by atoms with E-state index in [-0.39, 0.29) is 10.7 Å². The molecule has 21 heavy (non-hydrogen) atoms. The van der Waals surface area contributed by atoms with E-state index in [0.717, 1.165) is 12.1 Å². The normalized spacial score (nSPS) is 11.1. The lowest BCUT2D eigenvalue weighted by atomic mass is 10.2. The molecular weight excluding hydrogens is 309 g/mol. The number of anilines is 1. The summed E-state index contributed by atoms with van der Waals surface area (Å²) >= 11 is 5.69. The van der Waals surface area contributed by atoms with Crippen LogP contribution in [0, 0.1) is 0 Å². The molecule has 2 amide bonds. The lowest BCUT2D eigenvalue weighted by molar-refractivity contribution is -0.142. The molecule has 0 aliphatic heterocycles. The number of amides is 2. The van der Waals surface area contributed by atoms with E-state index < -0.39 is 23.6 Å². The Morgan fingerprint density at radius 3 is 2.43 bits per heavy atom. The second-order valence-electron chi connectivity index (χ2n) is 4.37. The molecule has 0 unspecified atom stereocenters. The average molecular weight is 323 g/mol. The molecule has 1 aromatic carbocycles. The fourth-order valence-electron chi connectivity index (χ4n) is 1.58. The third-order valence-electron chi connectivity index (χ3n) is 2.64. The van der Waals surface area contributed by atoms with Gasteiger partial charge in [0.05, 0.1) is 16.3 Å². The van der Waals surface area contributed by atoms with Crippen LogP contribution >= 0.6 is 11.6 Å². The third kappa shape index (κ3) is 4.63. The zero-order chi connectivity index (χ0) is 16.2. The second-order valence-corrected chi connectivity index (χ2v) is 4.78. The van der Waals surface area contributed by atoms with E-state index in [0.29, 0.717) is 19.0 Å². The highest BCUT2D eigenvalue weighted by Gasteiger charge is 2.31. The lowest BCUT2D eigenvalue weighted by Gasteiger charge is -2.16. The predicted molar refractivity (Wildman–Crippen MR) is 73.0 cm³/mol. The summed E-state index contributed by atoms with van der Waals surface area (Å²) < 4.78 is 37.4. The molecule has 0 saturated heterocycles. The van der Waals surface area contributed by atoms with Gasteiger partial charge in [-0.25, -0.2) is 0 Å². The van der Waals surface area contributed by atoms with Crippen LogP contribution in [0.4, 0.5) is 18.9 Å². The van der Waals surface area contributed by atoms with Crippen molar-refractivity contribution in [1.29, 1.82) is 0 Å². The second kappa shape index (κ2) is 6.80. The Bertz CT molecular complexity index is 547. The molecule has 1 N–H and O–H groups in total. The molecule has 0 heterocycles. The molecule has 116 valence electrons. The summed E-state index contributed by atoms with van der Waals surface area (Å²) in [5.41, 5.74) is -0.979.